The van der Waals surface area contributed by atoms with E-state index in [1.165, 1.54) is 12.1 Å². The van der Waals surface area contributed by atoms with E-state index in [1.807, 2.05) is 6.07 Å². The SMILES string of the molecule is COCCNc1nccc(NCCc2ccc(F)cc2)n1. The third-order valence-corrected chi connectivity index (χ3v) is 2.88. The standard InChI is InChI=1S/C15H19FN4O/c1-21-11-10-19-15-18-9-7-14(20-15)17-8-6-12-2-4-13(16)5-3-12/h2-5,7,9H,6,8,10-11H2,1H3,(H2,17,18,19,20). The quantitative estimate of drug-likeness (QED) is 0.731. The number of benzene rings is 1. The number of halogens is 1. The lowest BCUT2D eigenvalue weighted by molar-refractivity contribution is 0.210. The van der Waals surface area contributed by atoms with E-state index in [9.17, 15) is 4.39 Å². The first-order chi connectivity index (χ1) is 10.3. The Morgan fingerprint density at radius 3 is 2.67 bits per heavy atom. The summed E-state index contributed by atoms with van der Waals surface area (Å²) in [4.78, 5) is 8.47. The Labute approximate surface area is 123 Å². The molecule has 0 aliphatic heterocycles. The number of aromatic nitrogens is 2. The second-order valence-electron chi connectivity index (χ2n) is 4.49. The molecule has 0 saturated carbocycles. The monoisotopic (exact) mass is 290 g/mol. The van der Waals surface area contributed by atoms with Gasteiger partial charge in [0.1, 0.15) is 11.6 Å². The Morgan fingerprint density at radius 1 is 1.10 bits per heavy atom. The fraction of sp³-hybridized carbons (Fsp3) is 0.333. The molecule has 0 aliphatic rings. The molecule has 5 nitrogen and oxygen atoms in total. The molecule has 0 saturated heterocycles. The Bertz CT molecular complexity index is 548. The molecule has 0 bridgehead atoms. The van der Waals surface area contributed by atoms with Crippen LogP contribution < -0.4 is 10.6 Å². The Morgan fingerprint density at radius 2 is 1.90 bits per heavy atom. The maximum Gasteiger partial charge on any atom is 0.224 e. The molecule has 2 rings (SSSR count). The lowest BCUT2D eigenvalue weighted by Gasteiger charge is -2.08. The summed E-state index contributed by atoms with van der Waals surface area (Å²) < 4.78 is 17.8. The van der Waals surface area contributed by atoms with Gasteiger partial charge in [0.25, 0.3) is 0 Å². The molecule has 21 heavy (non-hydrogen) atoms. The van der Waals surface area contributed by atoms with Gasteiger partial charge in [-0.05, 0) is 30.2 Å². The molecule has 0 unspecified atom stereocenters. The molecule has 0 atom stereocenters. The van der Waals surface area contributed by atoms with Crippen LogP contribution in [-0.2, 0) is 11.2 Å². The highest BCUT2D eigenvalue weighted by Gasteiger charge is 1.99. The van der Waals surface area contributed by atoms with E-state index in [0.29, 0.717) is 19.1 Å². The van der Waals surface area contributed by atoms with Crippen LogP contribution in [0.15, 0.2) is 36.5 Å². The molecular formula is C15H19FN4O. The Kier molecular flexibility index (Phi) is 5.90. The number of anilines is 2. The fourth-order valence-corrected chi connectivity index (χ4v) is 1.79. The smallest absolute Gasteiger partial charge is 0.224 e. The van der Waals surface area contributed by atoms with Gasteiger partial charge in [-0.2, -0.15) is 4.98 Å². The summed E-state index contributed by atoms with van der Waals surface area (Å²) in [6.07, 6.45) is 2.50. The van der Waals surface area contributed by atoms with Crippen molar-refractivity contribution in [3.05, 3.63) is 47.9 Å². The third kappa shape index (κ3) is 5.35. The van der Waals surface area contributed by atoms with Gasteiger partial charge >= 0.3 is 0 Å². The predicted octanol–water partition coefficient (Wildman–Crippen LogP) is 2.33. The molecule has 1 heterocycles. The molecule has 2 aromatic rings. The number of hydrogen-bond donors (Lipinski definition) is 2. The number of nitrogens with zero attached hydrogens (tertiary/aromatic N) is 2. The van der Waals surface area contributed by atoms with Crippen molar-refractivity contribution < 1.29 is 9.13 Å². The summed E-state index contributed by atoms with van der Waals surface area (Å²) in [5.41, 5.74) is 1.08. The van der Waals surface area contributed by atoms with Crippen molar-refractivity contribution in [2.75, 3.05) is 37.4 Å². The van der Waals surface area contributed by atoms with E-state index in [0.717, 1.165) is 24.3 Å². The first kappa shape index (κ1) is 15.2. The summed E-state index contributed by atoms with van der Waals surface area (Å²) in [5.74, 6) is 1.11. The zero-order valence-corrected chi connectivity index (χ0v) is 12.0. The average Bonchev–Trinajstić information content (AvgIpc) is 2.50. The van der Waals surface area contributed by atoms with Gasteiger partial charge in [0.05, 0.1) is 6.61 Å². The first-order valence-corrected chi connectivity index (χ1v) is 6.82. The van der Waals surface area contributed by atoms with Crippen molar-refractivity contribution in [2.24, 2.45) is 0 Å². The lowest BCUT2D eigenvalue weighted by atomic mass is 10.1. The van der Waals surface area contributed by atoms with Gasteiger partial charge in [0.2, 0.25) is 5.95 Å². The van der Waals surface area contributed by atoms with Crippen molar-refractivity contribution in [3.8, 4) is 0 Å². The van der Waals surface area contributed by atoms with E-state index >= 15 is 0 Å². The van der Waals surface area contributed by atoms with Gasteiger partial charge in [0.15, 0.2) is 0 Å². The van der Waals surface area contributed by atoms with Crippen molar-refractivity contribution in [3.63, 3.8) is 0 Å². The lowest BCUT2D eigenvalue weighted by Crippen LogP contribution is -2.12. The van der Waals surface area contributed by atoms with Crippen LogP contribution in [-0.4, -0.2) is 36.8 Å². The average molecular weight is 290 g/mol. The summed E-state index contributed by atoms with van der Waals surface area (Å²) in [6.45, 7) is 1.99. The molecule has 6 heteroatoms. The molecule has 1 aromatic carbocycles. The van der Waals surface area contributed by atoms with Gasteiger partial charge in [-0.3, -0.25) is 0 Å². The van der Waals surface area contributed by atoms with Crippen LogP contribution in [0, 0.1) is 5.82 Å². The molecular weight excluding hydrogens is 271 g/mol. The highest BCUT2D eigenvalue weighted by Crippen LogP contribution is 2.07. The molecule has 0 aliphatic carbocycles. The Balaban J connectivity index is 1.79. The molecule has 0 amide bonds. The van der Waals surface area contributed by atoms with Gasteiger partial charge in [0, 0.05) is 26.4 Å². The molecule has 2 N–H and O–H groups in total. The van der Waals surface area contributed by atoms with Crippen molar-refractivity contribution in [1.29, 1.82) is 0 Å². The fourth-order valence-electron chi connectivity index (χ4n) is 1.79. The van der Waals surface area contributed by atoms with E-state index in [1.54, 1.807) is 25.4 Å². The van der Waals surface area contributed by atoms with Crippen LogP contribution in [0.25, 0.3) is 0 Å². The van der Waals surface area contributed by atoms with Crippen molar-refractivity contribution in [2.45, 2.75) is 6.42 Å². The van der Waals surface area contributed by atoms with Gasteiger partial charge in [-0.25, -0.2) is 9.37 Å². The number of hydrogen-bond acceptors (Lipinski definition) is 5. The van der Waals surface area contributed by atoms with E-state index in [-0.39, 0.29) is 5.82 Å². The first-order valence-electron chi connectivity index (χ1n) is 6.82. The van der Waals surface area contributed by atoms with Crippen LogP contribution >= 0.6 is 0 Å². The van der Waals surface area contributed by atoms with Gasteiger partial charge in [-0.15, -0.1) is 0 Å². The minimum Gasteiger partial charge on any atom is -0.383 e. The molecule has 0 radical (unpaired) electrons. The normalized spacial score (nSPS) is 10.4. The minimum absolute atomic E-state index is 0.214. The second kappa shape index (κ2) is 8.16. The van der Waals surface area contributed by atoms with Crippen molar-refractivity contribution >= 4 is 11.8 Å². The number of methoxy groups -OCH3 is 1. The Hall–Kier alpha value is -2.21. The largest absolute Gasteiger partial charge is 0.383 e. The van der Waals surface area contributed by atoms with Crippen LogP contribution in [0.5, 0.6) is 0 Å². The maximum absolute atomic E-state index is 12.8. The second-order valence-corrected chi connectivity index (χ2v) is 4.49. The highest BCUT2D eigenvalue weighted by molar-refractivity contribution is 5.39. The number of ether oxygens (including phenoxy) is 1. The van der Waals surface area contributed by atoms with Crippen LogP contribution in [0.3, 0.4) is 0 Å². The van der Waals surface area contributed by atoms with Crippen LogP contribution in [0.2, 0.25) is 0 Å². The number of nitrogens with one attached hydrogen (secondary N) is 2. The molecule has 1 aromatic heterocycles. The summed E-state index contributed by atoms with van der Waals surface area (Å²) in [7, 11) is 1.65. The van der Waals surface area contributed by atoms with E-state index in [2.05, 4.69) is 20.6 Å². The molecule has 0 spiro atoms. The summed E-state index contributed by atoms with van der Waals surface area (Å²) in [6, 6.07) is 8.32. The highest BCUT2D eigenvalue weighted by atomic mass is 19.1. The molecule has 112 valence electrons. The summed E-state index contributed by atoms with van der Waals surface area (Å²) >= 11 is 0. The third-order valence-electron chi connectivity index (χ3n) is 2.88. The van der Waals surface area contributed by atoms with E-state index in [4.69, 9.17) is 4.74 Å². The number of rotatable bonds is 8. The van der Waals surface area contributed by atoms with Crippen LogP contribution in [0.1, 0.15) is 5.56 Å². The van der Waals surface area contributed by atoms with Gasteiger partial charge < -0.3 is 15.4 Å². The predicted molar refractivity (Wildman–Crippen MR) is 81.0 cm³/mol. The van der Waals surface area contributed by atoms with Gasteiger partial charge in [-0.1, -0.05) is 12.1 Å². The zero-order valence-electron chi connectivity index (χ0n) is 12.0. The van der Waals surface area contributed by atoms with Crippen molar-refractivity contribution in [1.82, 2.24) is 9.97 Å². The topological polar surface area (TPSA) is 59.1 Å². The maximum atomic E-state index is 12.8. The zero-order chi connectivity index (χ0) is 14.9. The minimum atomic E-state index is -0.214. The van der Waals surface area contributed by atoms with Crippen LogP contribution in [0.4, 0.5) is 16.2 Å². The van der Waals surface area contributed by atoms with E-state index < -0.39 is 0 Å². The molecule has 0 fully saturated rings. The summed E-state index contributed by atoms with van der Waals surface area (Å²) in [5, 5.41) is 6.29.